The molecular weight excluding hydrogens is 300 g/mol. The van der Waals surface area contributed by atoms with Crippen LogP contribution in [0.2, 0.25) is 0 Å². The molecule has 1 aromatic carbocycles. The highest BCUT2D eigenvalue weighted by atomic mass is 32.1. The normalized spacial score (nSPS) is 10.1. The Kier molecular flexibility index (Phi) is 5.16. The summed E-state index contributed by atoms with van der Waals surface area (Å²) in [6, 6.07) is 6.91. The number of rotatable bonds is 5. The van der Waals surface area contributed by atoms with Gasteiger partial charge in [0.15, 0.2) is 0 Å². The smallest absolute Gasteiger partial charge is 0.266 e. The first-order valence-corrected chi connectivity index (χ1v) is 7.76. The summed E-state index contributed by atoms with van der Waals surface area (Å²) >= 11 is 1.39. The molecule has 0 spiro atoms. The summed E-state index contributed by atoms with van der Waals surface area (Å²) in [5.74, 6) is 0.0697. The molecule has 0 unspecified atom stereocenters. The lowest BCUT2D eigenvalue weighted by Crippen LogP contribution is -2.21. The first-order valence-electron chi connectivity index (χ1n) is 6.88. The molecule has 2 N–H and O–H groups in total. The number of benzene rings is 1. The molecule has 0 fully saturated rings. The molecule has 0 atom stereocenters. The molecule has 1 heterocycles. The standard InChI is InChI=1S/C16H18N2O3S/c1-4-10-7-8-22-14(10)16(20)18-13-6-5-11(21-3)9-12(13)15(19)17-2/h5-9H,4H2,1-3H3,(H,17,19)(H,18,20). The Bertz CT molecular complexity index is 694. The van der Waals surface area contributed by atoms with Gasteiger partial charge in [0.05, 0.1) is 23.2 Å². The van der Waals surface area contributed by atoms with E-state index in [1.165, 1.54) is 18.4 Å². The van der Waals surface area contributed by atoms with Gasteiger partial charge >= 0.3 is 0 Å². The van der Waals surface area contributed by atoms with Crippen LogP contribution in [0.4, 0.5) is 5.69 Å². The Morgan fingerprint density at radius 1 is 1.23 bits per heavy atom. The van der Waals surface area contributed by atoms with Crippen LogP contribution in [0.5, 0.6) is 5.75 Å². The summed E-state index contributed by atoms with van der Waals surface area (Å²) < 4.78 is 5.13. The molecule has 0 aliphatic carbocycles. The molecule has 2 aromatic rings. The third-order valence-electron chi connectivity index (χ3n) is 3.28. The van der Waals surface area contributed by atoms with Crippen molar-refractivity contribution in [3.05, 3.63) is 45.6 Å². The van der Waals surface area contributed by atoms with Crippen LogP contribution in [0.25, 0.3) is 0 Å². The quantitative estimate of drug-likeness (QED) is 0.890. The van der Waals surface area contributed by atoms with Crippen molar-refractivity contribution in [2.24, 2.45) is 0 Å². The van der Waals surface area contributed by atoms with Gasteiger partial charge in [-0.25, -0.2) is 0 Å². The first-order chi connectivity index (χ1) is 10.6. The average Bonchev–Trinajstić information content (AvgIpc) is 3.03. The highest BCUT2D eigenvalue weighted by Crippen LogP contribution is 2.24. The van der Waals surface area contributed by atoms with E-state index in [2.05, 4.69) is 10.6 Å². The number of amides is 2. The summed E-state index contributed by atoms with van der Waals surface area (Å²) in [5, 5.41) is 7.26. The number of methoxy groups -OCH3 is 1. The van der Waals surface area contributed by atoms with E-state index in [0.29, 0.717) is 21.9 Å². The maximum Gasteiger partial charge on any atom is 0.266 e. The van der Waals surface area contributed by atoms with Gasteiger partial charge in [-0.1, -0.05) is 6.92 Å². The van der Waals surface area contributed by atoms with Crippen molar-refractivity contribution in [1.29, 1.82) is 0 Å². The third-order valence-corrected chi connectivity index (χ3v) is 4.24. The predicted molar refractivity (Wildman–Crippen MR) is 88.0 cm³/mol. The minimum absolute atomic E-state index is 0.206. The van der Waals surface area contributed by atoms with Crippen LogP contribution in [0.3, 0.4) is 0 Å². The zero-order valence-corrected chi connectivity index (χ0v) is 13.5. The Balaban J connectivity index is 2.32. The average molecular weight is 318 g/mol. The monoisotopic (exact) mass is 318 g/mol. The van der Waals surface area contributed by atoms with E-state index < -0.39 is 0 Å². The van der Waals surface area contributed by atoms with Gasteiger partial charge in [0.2, 0.25) is 0 Å². The highest BCUT2D eigenvalue weighted by Gasteiger charge is 2.17. The van der Waals surface area contributed by atoms with Gasteiger partial charge in [-0.15, -0.1) is 11.3 Å². The number of nitrogens with one attached hydrogen (secondary N) is 2. The molecule has 0 aliphatic heterocycles. The maximum atomic E-state index is 12.4. The Hall–Kier alpha value is -2.34. The number of carbonyl (C=O) groups is 2. The minimum atomic E-state index is -0.281. The van der Waals surface area contributed by atoms with Gasteiger partial charge in [0.1, 0.15) is 5.75 Å². The maximum absolute atomic E-state index is 12.4. The third kappa shape index (κ3) is 3.28. The van der Waals surface area contributed by atoms with E-state index >= 15 is 0 Å². The molecule has 2 amide bonds. The Morgan fingerprint density at radius 3 is 2.64 bits per heavy atom. The van der Waals surface area contributed by atoms with Crippen molar-refractivity contribution in [2.75, 3.05) is 19.5 Å². The SMILES string of the molecule is CCc1ccsc1C(=O)Nc1ccc(OC)cc1C(=O)NC. The van der Waals surface area contributed by atoms with Gasteiger partial charge in [0, 0.05) is 7.05 Å². The molecule has 0 saturated heterocycles. The van der Waals surface area contributed by atoms with Crippen LogP contribution in [-0.4, -0.2) is 26.0 Å². The summed E-state index contributed by atoms with van der Waals surface area (Å²) in [7, 11) is 3.07. The number of thiophene rings is 1. The molecule has 0 aliphatic rings. The van der Waals surface area contributed by atoms with Gasteiger partial charge in [-0.3, -0.25) is 9.59 Å². The number of aryl methyl sites for hydroxylation is 1. The van der Waals surface area contributed by atoms with E-state index in [9.17, 15) is 9.59 Å². The van der Waals surface area contributed by atoms with Crippen LogP contribution in [0.15, 0.2) is 29.6 Å². The summed E-state index contributed by atoms with van der Waals surface area (Å²) in [6.45, 7) is 2.00. The lowest BCUT2D eigenvalue weighted by atomic mass is 10.1. The molecule has 0 saturated carbocycles. The lowest BCUT2D eigenvalue weighted by molar-refractivity contribution is 0.0963. The van der Waals surface area contributed by atoms with Crippen molar-refractivity contribution in [1.82, 2.24) is 5.32 Å². The second kappa shape index (κ2) is 7.09. The molecule has 0 bridgehead atoms. The summed E-state index contributed by atoms with van der Waals surface area (Å²) in [5.41, 5.74) is 1.82. The van der Waals surface area contributed by atoms with Crippen molar-refractivity contribution >= 4 is 28.8 Å². The van der Waals surface area contributed by atoms with Crippen molar-refractivity contribution < 1.29 is 14.3 Å². The van der Waals surface area contributed by atoms with Gasteiger partial charge < -0.3 is 15.4 Å². The van der Waals surface area contributed by atoms with Crippen LogP contribution >= 0.6 is 11.3 Å². The summed E-state index contributed by atoms with van der Waals surface area (Å²) in [4.78, 5) is 25.1. The van der Waals surface area contributed by atoms with E-state index in [0.717, 1.165) is 12.0 Å². The number of hydrogen-bond acceptors (Lipinski definition) is 4. The molecule has 1 aromatic heterocycles. The van der Waals surface area contributed by atoms with E-state index in [-0.39, 0.29) is 11.8 Å². The van der Waals surface area contributed by atoms with E-state index in [1.807, 2.05) is 18.4 Å². The minimum Gasteiger partial charge on any atom is -0.497 e. The zero-order chi connectivity index (χ0) is 16.1. The molecule has 2 rings (SSSR count). The molecule has 6 heteroatoms. The Labute approximate surface area is 133 Å². The molecule has 116 valence electrons. The molecular formula is C16H18N2O3S. The fraction of sp³-hybridized carbons (Fsp3) is 0.250. The van der Waals surface area contributed by atoms with Gasteiger partial charge in [-0.05, 0) is 41.6 Å². The van der Waals surface area contributed by atoms with Crippen molar-refractivity contribution in [3.8, 4) is 5.75 Å². The van der Waals surface area contributed by atoms with Crippen LogP contribution in [0.1, 0.15) is 32.5 Å². The molecule has 22 heavy (non-hydrogen) atoms. The second-order valence-corrected chi connectivity index (χ2v) is 5.49. The van der Waals surface area contributed by atoms with Crippen molar-refractivity contribution in [2.45, 2.75) is 13.3 Å². The lowest BCUT2D eigenvalue weighted by Gasteiger charge is -2.12. The fourth-order valence-electron chi connectivity index (χ4n) is 2.07. The number of ether oxygens (including phenoxy) is 1. The van der Waals surface area contributed by atoms with Crippen LogP contribution in [0, 0.1) is 0 Å². The van der Waals surface area contributed by atoms with Gasteiger partial charge in [0.25, 0.3) is 11.8 Å². The highest BCUT2D eigenvalue weighted by molar-refractivity contribution is 7.12. The Morgan fingerprint density at radius 2 is 2.00 bits per heavy atom. The topological polar surface area (TPSA) is 67.4 Å². The number of anilines is 1. The number of carbonyl (C=O) groups excluding carboxylic acids is 2. The number of hydrogen-bond donors (Lipinski definition) is 2. The van der Waals surface area contributed by atoms with E-state index in [1.54, 1.807) is 25.2 Å². The van der Waals surface area contributed by atoms with Crippen molar-refractivity contribution in [3.63, 3.8) is 0 Å². The predicted octanol–water partition coefficient (Wildman–Crippen LogP) is 2.93. The first kappa shape index (κ1) is 16.0. The zero-order valence-electron chi connectivity index (χ0n) is 12.7. The fourth-order valence-corrected chi connectivity index (χ4v) is 2.96. The molecule has 5 nitrogen and oxygen atoms in total. The van der Waals surface area contributed by atoms with E-state index in [4.69, 9.17) is 4.74 Å². The largest absolute Gasteiger partial charge is 0.497 e. The van der Waals surface area contributed by atoms with Crippen LogP contribution in [-0.2, 0) is 6.42 Å². The van der Waals surface area contributed by atoms with Crippen LogP contribution < -0.4 is 15.4 Å². The molecule has 0 radical (unpaired) electrons. The summed E-state index contributed by atoms with van der Waals surface area (Å²) in [6.07, 6.45) is 0.789. The second-order valence-electron chi connectivity index (χ2n) is 4.57. The van der Waals surface area contributed by atoms with Gasteiger partial charge in [-0.2, -0.15) is 0 Å².